The van der Waals surface area contributed by atoms with Crippen LogP contribution >= 0.6 is 0 Å². The highest BCUT2D eigenvalue weighted by atomic mass is 19.1. The number of carbonyl (C=O) groups excluding carboxylic acids is 1. The highest BCUT2D eigenvalue weighted by molar-refractivity contribution is 6.11. The van der Waals surface area contributed by atoms with Crippen LogP contribution in [-0.2, 0) is 4.79 Å². The molecule has 0 spiro atoms. The van der Waals surface area contributed by atoms with Gasteiger partial charge in [-0.25, -0.2) is 19.4 Å². The van der Waals surface area contributed by atoms with Gasteiger partial charge in [-0.3, -0.25) is 10.2 Å². The Hall–Kier alpha value is -3.48. The number of H-pyrrole nitrogens is 1. The predicted octanol–water partition coefficient (Wildman–Crippen LogP) is 3.94. The molecule has 1 aliphatic rings. The van der Waals surface area contributed by atoms with Crippen LogP contribution in [0.15, 0.2) is 54.9 Å². The summed E-state index contributed by atoms with van der Waals surface area (Å²) >= 11 is 0. The van der Waals surface area contributed by atoms with Gasteiger partial charge >= 0.3 is 0 Å². The van der Waals surface area contributed by atoms with E-state index >= 15 is 0 Å². The van der Waals surface area contributed by atoms with Crippen LogP contribution in [0.2, 0.25) is 0 Å². The van der Waals surface area contributed by atoms with Crippen LogP contribution in [0.4, 0.5) is 10.2 Å². The molecule has 1 atom stereocenters. The highest BCUT2D eigenvalue weighted by Gasteiger charge is 2.33. The van der Waals surface area contributed by atoms with Crippen molar-refractivity contribution in [2.75, 3.05) is 5.43 Å². The normalized spacial score (nSPS) is 17.1. The van der Waals surface area contributed by atoms with Gasteiger partial charge in [0.05, 0.1) is 16.9 Å². The Morgan fingerprint density at radius 3 is 2.85 bits per heavy atom. The lowest BCUT2D eigenvalue weighted by Gasteiger charge is -2.26. The Bertz CT molecular complexity index is 1160. The number of hydrogen-bond acceptors (Lipinski definition) is 4. The molecule has 0 saturated carbocycles. The second-order valence-corrected chi connectivity index (χ2v) is 6.60. The number of rotatable bonds is 3. The maximum absolute atomic E-state index is 13.6. The van der Waals surface area contributed by atoms with Crippen LogP contribution < -0.4 is 5.43 Å². The van der Waals surface area contributed by atoms with Crippen molar-refractivity contribution in [2.45, 2.75) is 18.9 Å². The van der Waals surface area contributed by atoms with E-state index in [1.54, 1.807) is 11.1 Å². The maximum Gasteiger partial charge on any atom is 0.241 e. The number of hydrazine groups is 1. The lowest BCUT2D eigenvalue weighted by atomic mass is 10.1. The summed E-state index contributed by atoms with van der Waals surface area (Å²) in [5.41, 5.74) is 5.50. The fourth-order valence-corrected chi connectivity index (χ4v) is 3.71. The van der Waals surface area contributed by atoms with Gasteiger partial charge in [-0.15, -0.1) is 0 Å². The Labute approximate surface area is 154 Å². The molecule has 2 aromatic carbocycles. The number of hydrogen-bond donors (Lipinski definition) is 2. The summed E-state index contributed by atoms with van der Waals surface area (Å²) in [4.78, 5) is 24.2. The molecular weight excluding hydrogens is 345 g/mol. The summed E-state index contributed by atoms with van der Waals surface area (Å²) in [6, 6.07) is 14.4. The lowest BCUT2D eigenvalue weighted by Crippen LogP contribution is -2.33. The molecule has 7 heteroatoms. The van der Waals surface area contributed by atoms with Crippen molar-refractivity contribution in [3.05, 3.63) is 66.2 Å². The first kappa shape index (κ1) is 15.7. The average molecular weight is 361 g/mol. The summed E-state index contributed by atoms with van der Waals surface area (Å²) in [5.74, 6) is 0.214. The lowest BCUT2D eigenvalue weighted by molar-refractivity contribution is -0.127. The van der Waals surface area contributed by atoms with Crippen LogP contribution in [0.3, 0.4) is 0 Å². The number of aromatic nitrogens is 3. The summed E-state index contributed by atoms with van der Waals surface area (Å²) in [5, 5.41) is 3.18. The Kier molecular flexibility index (Phi) is 3.53. The van der Waals surface area contributed by atoms with Gasteiger partial charge in [0.25, 0.3) is 0 Å². The number of nitrogens with zero attached hydrogens (tertiary/aromatic N) is 3. The van der Waals surface area contributed by atoms with E-state index < -0.39 is 0 Å². The third-order valence-corrected chi connectivity index (χ3v) is 4.97. The quantitative estimate of drug-likeness (QED) is 0.580. The van der Waals surface area contributed by atoms with E-state index in [-0.39, 0.29) is 17.8 Å². The van der Waals surface area contributed by atoms with E-state index in [9.17, 15) is 9.18 Å². The highest BCUT2D eigenvalue weighted by Crippen LogP contribution is 2.35. The average Bonchev–Trinajstić information content (AvgIpc) is 3.23. The molecule has 2 N–H and O–H groups in total. The molecule has 1 aliphatic heterocycles. The van der Waals surface area contributed by atoms with Crippen LogP contribution in [0.25, 0.3) is 21.9 Å². The smallest absolute Gasteiger partial charge is 0.241 e. The summed E-state index contributed by atoms with van der Waals surface area (Å²) in [6.45, 7) is 0. The van der Waals surface area contributed by atoms with Crippen LogP contribution in [-0.4, -0.2) is 25.9 Å². The van der Waals surface area contributed by atoms with Crippen molar-refractivity contribution in [1.82, 2.24) is 20.0 Å². The van der Waals surface area contributed by atoms with Crippen molar-refractivity contribution in [3.63, 3.8) is 0 Å². The number of fused-ring (bicyclic) bond motifs is 3. The van der Waals surface area contributed by atoms with Gasteiger partial charge in [0.2, 0.25) is 5.91 Å². The number of anilines is 1. The minimum Gasteiger partial charge on any atom is -0.339 e. The number of nitrogens with one attached hydrogen (secondary N) is 2. The van der Waals surface area contributed by atoms with Gasteiger partial charge in [0.15, 0.2) is 5.82 Å². The molecule has 0 radical (unpaired) electrons. The van der Waals surface area contributed by atoms with Gasteiger partial charge in [-0.2, -0.15) is 0 Å². The molecule has 2 aromatic heterocycles. The Balaban J connectivity index is 1.59. The van der Waals surface area contributed by atoms with Crippen molar-refractivity contribution < 1.29 is 9.18 Å². The molecule has 1 amide bonds. The molecule has 3 heterocycles. The molecule has 1 fully saturated rings. The molecule has 4 aromatic rings. The van der Waals surface area contributed by atoms with Crippen molar-refractivity contribution in [3.8, 4) is 0 Å². The predicted molar refractivity (Wildman–Crippen MR) is 100 cm³/mol. The zero-order valence-corrected chi connectivity index (χ0v) is 14.3. The van der Waals surface area contributed by atoms with Crippen molar-refractivity contribution in [2.24, 2.45) is 0 Å². The van der Waals surface area contributed by atoms with E-state index in [0.717, 1.165) is 22.8 Å². The minimum absolute atomic E-state index is 0.0153. The third-order valence-electron chi connectivity index (χ3n) is 4.97. The SMILES string of the molecule is O=C1CC[C@H](c2ccccc2)N1Nc1ncnc2[nH]c3cc(F)ccc3c12. The molecule has 0 bridgehead atoms. The molecule has 5 rings (SSSR count). The second kappa shape index (κ2) is 6.05. The van der Waals surface area contributed by atoms with Crippen molar-refractivity contribution in [1.29, 1.82) is 0 Å². The van der Waals surface area contributed by atoms with Crippen LogP contribution in [0, 0.1) is 5.82 Å². The first-order valence-corrected chi connectivity index (χ1v) is 8.76. The number of halogens is 1. The number of carbonyl (C=O) groups is 1. The van der Waals surface area contributed by atoms with E-state index in [4.69, 9.17) is 0 Å². The van der Waals surface area contributed by atoms with E-state index in [1.807, 2.05) is 30.3 Å². The molecule has 134 valence electrons. The molecule has 1 saturated heterocycles. The van der Waals surface area contributed by atoms with Gasteiger partial charge in [0.1, 0.15) is 17.8 Å². The molecule has 0 aliphatic carbocycles. The summed E-state index contributed by atoms with van der Waals surface area (Å²) in [6.07, 6.45) is 2.64. The molecule has 0 unspecified atom stereocenters. The number of amides is 1. The van der Waals surface area contributed by atoms with E-state index in [1.165, 1.54) is 18.5 Å². The van der Waals surface area contributed by atoms with Crippen LogP contribution in [0.1, 0.15) is 24.4 Å². The van der Waals surface area contributed by atoms with Gasteiger partial charge in [-0.05, 0) is 30.2 Å². The fourth-order valence-electron chi connectivity index (χ4n) is 3.71. The monoisotopic (exact) mass is 361 g/mol. The van der Waals surface area contributed by atoms with E-state index in [2.05, 4.69) is 20.4 Å². The molecule has 27 heavy (non-hydrogen) atoms. The maximum atomic E-state index is 13.6. The zero-order valence-electron chi connectivity index (χ0n) is 14.3. The largest absolute Gasteiger partial charge is 0.339 e. The van der Waals surface area contributed by atoms with Gasteiger partial charge < -0.3 is 4.98 Å². The first-order chi connectivity index (χ1) is 13.2. The van der Waals surface area contributed by atoms with Crippen molar-refractivity contribution >= 4 is 33.7 Å². The molecular formula is C20H16FN5O. The Morgan fingerprint density at radius 2 is 2.00 bits per heavy atom. The number of benzene rings is 2. The zero-order chi connectivity index (χ0) is 18.4. The van der Waals surface area contributed by atoms with Gasteiger partial charge in [0, 0.05) is 11.8 Å². The third kappa shape index (κ3) is 2.59. The van der Waals surface area contributed by atoms with Gasteiger partial charge in [-0.1, -0.05) is 30.3 Å². The minimum atomic E-state index is -0.324. The first-order valence-electron chi connectivity index (χ1n) is 8.76. The van der Waals surface area contributed by atoms with Crippen LogP contribution in [0.5, 0.6) is 0 Å². The molecule has 6 nitrogen and oxygen atoms in total. The topological polar surface area (TPSA) is 73.9 Å². The standard InChI is InChI=1S/C20H16FN5O/c21-13-6-7-14-15(10-13)24-19-18(14)20(23-11-22-19)25-26-16(8-9-17(26)27)12-4-2-1-3-5-12/h1-7,10-11,16H,8-9H2,(H2,22,23,24,25)/t16-/m1/s1. The summed E-state index contributed by atoms with van der Waals surface area (Å²) < 4.78 is 13.6. The number of aromatic amines is 1. The second-order valence-electron chi connectivity index (χ2n) is 6.60. The van der Waals surface area contributed by atoms with E-state index in [0.29, 0.717) is 23.4 Å². The fraction of sp³-hybridized carbons (Fsp3) is 0.150. The Morgan fingerprint density at radius 1 is 1.15 bits per heavy atom. The summed E-state index contributed by atoms with van der Waals surface area (Å²) in [7, 11) is 0.